The molecule has 4 aromatic rings. The van der Waals surface area contributed by atoms with Crippen LogP contribution in [0.15, 0.2) is 42.6 Å². The summed E-state index contributed by atoms with van der Waals surface area (Å²) in [5.74, 6) is 1.79. The number of imidazole rings is 1. The van der Waals surface area contributed by atoms with Crippen molar-refractivity contribution in [1.82, 2.24) is 19.6 Å². The van der Waals surface area contributed by atoms with E-state index < -0.39 is 0 Å². The van der Waals surface area contributed by atoms with Crippen LogP contribution in [-0.4, -0.2) is 51.6 Å². The second kappa shape index (κ2) is 11.0. The van der Waals surface area contributed by atoms with Crippen molar-refractivity contribution < 1.29 is 9.53 Å². The number of hydrogen-bond donors (Lipinski definition) is 1. The smallest absolute Gasteiger partial charge is 0.247 e. The highest BCUT2D eigenvalue weighted by Gasteiger charge is 2.33. The summed E-state index contributed by atoms with van der Waals surface area (Å²) in [4.78, 5) is 25.3. The molecule has 2 fully saturated rings. The lowest BCUT2D eigenvalue weighted by Crippen LogP contribution is -2.34. The van der Waals surface area contributed by atoms with Gasteiger partial charge in [-0.25, -0.2) is 4.98 Å². The fourth-order valence-corrected chi connectivity index (χ4v) is 5.27. The third-order valence-corrected chi connectivity index (χ3v) is 7.72. The van der Waals surface area contributed by atoms with E-state index in [0.717, 1.165) is 24.2 Å². The average molecular weight is 568 g/mol. The van der Waals surface area contributed by atoms with Gasteiger partial charge in [0, 0.05) is 38.5 Å². The number of carbonyl (C=O) groups excluding carboxylic acids is 1. The zero-order valence-corrected chi connectivity index (χ0v) is 23.1. The minimum atomic E-state index is 0.208. The molecule has 1 N–H and O–H groups in total. The first-order valence-electron chi connectivity index (χ1n) is 13.3. The number of ketones is 1. The van der Waals surface area contributed by atoms with Crippen LogP contribution < -0.4 is 19.9 Å². The van der Waals surface area contributed by atoms with Gasteiger partial charge in [0.05, 0.1) is 41.3 Å². The molecule has 0 amide bonds. The van der Waals surface area contributed by atoms with Gasteiger partial charge in [-0.3, -0.25) is 4.79 Å². The van der Waals surface area contributed by atoms with Gasteiger partial charge in [-0.05, 0) is 42.7 Å². The number of anilines is 4. The summed E-state index contributed by atoms with van der Waals surface area (Å²) < 4.78 is 6.79. The minimum absolute atomic E-state index is 0.208. The van der Waals surface area contributed by atoms with Crippen LogP contribution in [-0.2, 0) is 11.3 Å². The molecule has 2 aliphatic rings. The lowest BCUT2D eigenvalue weighted by molar-refractivity contribution is -0.119. The van der Waals surface area contributed by atoms with Gasteiger partial charge in [0.1, 0.15) is 17.6 Å². The molecule has 1 saturated carbocycles. The number of nitriles is 2. The van der Waals surface area contributed by atoms with Gasteiger partial charge in [0.15, 0.2) is 17.2 Å². The van der Waals surface area contributed by atoms with E-state index in [2.05, 4.69) is 32.4 Å². The normalized spacial score (nSPS) is 14.9. The third kappa shape index (κ3) is 5.32. The number of piperidine rings is 1. The van der Waals surface area contributed by atoms with E-state index >= 15 is 0 Å². The SMILES string of the molecule is COc1ccc(CN(c2nc(Nc3cc(C#N)cc(N4CCC(=O)CC4)c3Cl)nn3c(C#N)cnc23)C2CC2)cc1. The summed E-state index contributed by atoms with van der Waals surface area (Å²) >= 11 is 6.86. The molecule has 206 valence electrons. The van der Waals surface area contributed by atoms with Crippen LogP contribution in [0.3, 0.4) is 0 Å². The maximum atomic E-state index is 11.8. The molecular formula is C29H26ClN9O2. The molecule has 1 aliphatic carbocycles. The van der Waals surface area contributed by atoms with Crippen molar-refractivity contribution in [2.75, 3.05) is 35.3 Å². The Hall–Kier alpha value is -4.87. The van der Waals surface area contributed by atoms with Crippen molar-refractivity contribution in [1.29, 1.82) is 10.5 Å². The molecule has 12 heteroatoms. The molecule has 0 atom stereocenters. The third-order valence-electron chi connectivity index (χ3n) is 7.32. The Morgan fingerprint density at radius 2 is 1.90 bits per heavy atom. The first-order chi connectivity index (χ1) is 20.0. The van der Waals surface area contributed by atoms with E-state index in [-0.39, 0.29) is 23.5 Å². The highest BCUT2D eigenvalue weighted by molar-refractivity contribution is 6.36. The number of nitrogens with one attached hydrogen (secondary N) is 1. The molecular weight excluding hydrogens is 542 g/mol. The van der Waals surface area contributed by atoms with Crippen molar-refractivity contribution in [3.8, 4) is 17.9 Å². The number of ether oxygens (including phenoxy) is 1. The number of rotatable bonds is 8. The Balaban J connectivity index is 1.40. The average Bonchev–Trinajstić information content (AvgIpc) is 3.76. The number of carbonyl (C=O) groups is 1. The number of aromatic nitrogens is 4. The molecule has 6 rings (SSSR count). The van der Waals surface area contributed by atoms with E-state index in [0.29, 0.717) is 65.9 Å². The van der Waals surface area contributed by atoms with Gasteiger partial charge in [0.25, 0.3) is 0 Å². The molecule has 41 heavy (non-hydrogen) atoms. The summed E-state index contributed by atoms with van der Waals surface area (Å²) in [6, 6.07) is 15.9. The van der Waals surface area contributed by atoms with Gasteiger partial charge >= 0.3 is 0 Å². The van der Waals surface area contributed by atoms with E-state index in [1.54, 1.807) is 19.2 Å². The monoisotopic (exact) mass is 567 g/mol. The van der Waals surface area contributed by atoms with Crippen molar-refractivity contribution >= 4 is 46.2 Å². The fraction of sp³-hybridized carbons (Fsp3) is 0.310. The number of methoxy groups -OCH3 is 1. The first kappa shape index (κ1) is 26.4. The largest absolute Gasteiger partial charge is 0.497 e. The van der Waals surface area contributed by atoms with Crippen molar-refractivity contribution in [2.45, 2.75) is 38.3 Å². The Labute approximate surface area is 241 Å². The lowest BCUT2D eigenvalue weighted by Gasteiger charge is -2.29. The highest BCUT2D eigenvalue weighted by atomic mass is 35.5. The highest BCUT2D eigenvalue weighted by Crippen LogP contribution is 2.38. The van der Waals surface area contributed by atoms with E-state index in [4.69, 9.17) is 21.3 Å². The first-order valence-corrected chi connectivity index (χ1v) is 13.7. The summed E-state index contributed by atoms with van der Waals surface area (Å²) in [6.07, 6.45) is 4.37. The number of halogens is 1. The lowest BCUT2D eigenvalue weighted by atomic mass is 10.1. The van der Waals surface area contributed by atoms with Gasteiger partial charge in [-0.15, -0.1) is 5.10 Å². The Morgan fingerprint density at radius 3 is 2.56 bits per heavy atom. The standard InChI is InChI=1S/C29H26ClN9O2/c1-41-23-6-2-18(3-7-23)17-38(20-4-5-20)28-27-33-16-21(15-32)39(27)36-29(35-28)34-24-12-19(14-31)13-25(26(24)30)37-10-8-22(40)9-11-37/h2-3,6-7,12-13,16,20H,4-5,8-11,17H2,1H3,(H,34,36). The van der Waals surface area contributed by atoms with Crippen LogP contribution in [0.25, 0.3) is 5.65 Å². The Kier molecular flexibility index (Phi) is 7.04. The van der Waals surface area contributed by atoms with Crippen LogP contribution in [0.1, 0.15) is 42.5 Å². The summed E-state index contributed by atoms with van der Waals surface area (Å²) in [7, 11) is 1.64. The number of Topliss-reactive ketones (excluding diaryl/α,β-unsaturated/α-hetero) is 1. The molecule has 2 aromatic heterocycles. The maximum Gasteiger partial charge on any atom is 0.247 e. The molecule has 0 bridgehead atoms. The molecule has 11 nitrogen and oxygen atoms in total. The minimum Gasteiger partial charge on any atom is -0.497 e. The topological polar surface area (TPSA) is 135 Å². The number of benzene rings is 2. The summed E-state index contributed by atoms with van der Waals surface area (Å²) in [6.45, 7) is 1.64. The van der Waals surface area contributed by atoms with Gasteiger partial charge in [-0.2, -0.15) is 20.0 Å². The zero-order valence-electron chi connectivity index (χ0n) is 22.3. The van der Waals surface area contributed by atoms with Gasteiger partial charge < -0.3 is 19.9 Å². The van der Waals surface area contributed by atoms with Crippen molar-refractivity contribution in [3.63, 3.8) is 0 Å². The van der Waals surface area contributed by atoms with E-state index in [1.807, 2.05) is 29.2 Å². The zero-order chi connectivity index (χ0) is 28.5. The quantitative estimate of drug-likeness (QED) is 0.321. The van der Waals surface area contributed by atoms with E-state index in [9.17, 15) is 15.3 Å². The van der Waals surface area contributed by atoms with Crippen LogP contribution in [0.4, 0.5) is 23.1 Å². The molecule has 0 radical (unpaired) electrons. The van der Waals surface area contributed by atoms with Crippen molar-refractivity contribution in [2.24, 2.45) is 0 Å². The molecule has 0 spiro atoms. The Bertz CT molecular complexity index is 1710. The fourth-order valence-electron chi connectivity index (χ4n) is 4.99. The van der Waals surface area contributed by atoms with Crippen LogP contribution in [0, 0.1) is 22.7 Å². The molecule has 2 aromatic carbocycles. The Morgan fingerprint density at radius 1 is 1.15 bits per heavy atom. The van der Waals surface area contributed by atoms with Crippen LogP contribution in [0.2, 0.25) is 5.02 Å². The number of fused-ring (bicyclic) bond motifs is 1. The molecule has 0 unspecified atom stereocenters. The van der Waals surface area contributed by atoms with Crippen LogP contribution >= 0.6 is 11.6 Å². The number of nitrogens with zero attached hydrogens (tertiary/aromatic N) is 8. The molecule has 1 saturated heterocycles. The predicted octanol–water partition coefficient (Wildman–Crippen LogP) is 4.61. The summed E-state index contributed by atoms with van der Waals surface area (Å²) in [5.41, 5.74) is 3.34. The van der Waals surface area contributed by atoms with Crippen molar-refractivity contribution in [3.05, 3.63) is 64.4 Å². The second-order valence-corrected chi connectivity index (χ2v) is 10.5. The maximum absolute atomic E-state index is 11.8. The summed E-state index contributed by atoms with van der Waals surface area (Å²) in [5, 5.41) is 27.7. The number of hydrogen-bond acceptors (Lipinski definition) is 10. The second-order valence-electron chi connectivity index (χ2n) is 10.1. The predicted molar refractivity (Wildman–Crippen MR) is 154 cm³/mol. The molecule has 1 aliphatic heterocycles. The van der Waals surface area contributed by atoms with Gasteiger partial charge in [0.2, 0.25) is 5.95 Å². The van der Waals surface area contributed by atoms with Crippen LogP contribution in [0.5, 0.6) is 5.75 Å². The van der Waals surface area contributed by atoms with E-state index in [1.165, 1.54) is 10.7 Å². The molecule has 3 heterocycles. The van der Waals surface area contributed by atoms with Gasteiger partial charge in [-0.1, -0.05) is 23.7 Å².